The zero-order chi connectivity index (χ0) is 19.2. The summed E-state index contributed by atoms with van der Waals surface area (Å²) in [6.45, 7) is 4.10. The Balaban J connectivity index is 1.89. The van der Waals surface area contributed by atoms with Crippen molar-refractivity contribution >= 4 is 28.1 Å². The fourth-order valence-corrected chi connectivity index (χ4v) is 3.60. The van der Waals surface area contributed by atoms with Crippen LogP contribution in [0.2, 0.25) is 0 Å². The number of aryl methyl sites for hydroxylation is 1. The summed E-state index contributed by atoms with van der Waals surface area (Å²) in [5.74, 6) is -0.875. The average Bonchev–Trinajstić information content (AvgIpc) is 3.06. The summed E-state index contributed by atoms with van der Waals surface area (Å²) >= 11 is 1.32. The van der Waals surface area contributed by atoms with Crippen molar-refractivity contribution in [3.05, 3.63) is 70.6 Å². The number of nitrogens with one attached hydrogen (secondary N) is 1. The van der Waals surface area contributed by atoms with Crippen molar-refractivity contribution in [1.29, 1.82) is 0 Å². The van der Waals surface area contributed by atoms with Crippen LogP contribution in [0.1, 0.15) is 29.3 Å². The zero-order valence-electron chi connectivity index (χ0n) is 15.3. The van der Waals surface area contributed by atoms with Gasteiger partial charge in [-0.3, -0.25) is 10.2 Å². The van der Waals surface area contributed by atoms with Gasteiger partial charge < -0.3 is 5.11 Å². The van der Waals surface area contributed by atoms with Crippen molar-refractivity contribution in [2.24, 2.45) is 5.10 Å². The third-order valence-electron chi connectivity index (χ3n) is 4.06. The van der Waals surface area contributed by atoms with E-state index in [0.717, 1.165) is 23.3 Å². The molecular formula is C21H21N3O2S. The van der Waals surface area contributed by atoms with Gasteiger partial charge in [-0.1, -0.05) is 78.4 Å². The third-order valence-corrected chi connectivity index (χ3v) is 5.02. The minimum Gasteiger partial charge on any atom is -0.481 e. The monoisotopic (exact) mass is 379 g/mol. The van der Waals surface area contributed by atoms with Gasteiger partial charge in [-0.15, -0.1) is 0 Å². The summed E-state index contributed by atoms with van der Waals surface area (Å²) in [4.78, 5) is 16.5. The van der Waals surface area contributed by atoms with Crippen molar-refractivity contribution in [2.75, 3.05) is 5.43 Å². The standard InChI is InChI=1S/C21H21N3O2S/c1-3-17(15-11-9-14(2)10-12-15)23-24-21-22-20(16-7-5-4-6-8-16)18(27-21)13-19(25)26/h4-12H,3,13H2,1-2H3,(H,22,24)(H,25,26)/b23-17-. The van der Waals surface area contributed by atoms with E-state index in [0.29, 0.717) is 15.7 Å². The Labute approximate surface area is 162 Å². The molecule has 0 radical (unpaired) electrons. The molecule has 0 atom stereocenters. The molecule has 0 aliphatic carbocycles. The molecule has 0 amide bonds. The molecule has 0 saturated heterocycles. The van der Waals surface area contributed by atoms with Crippen LogP contribution in [0.4, 0.5) is 5.13 Å². The largest absolute Gasteiger partial charge is 0.481 e. The first-order valence-electron chi connectivity index (χ1n) is 8.73. The fraction of sp³-hybridized carbons (Fsp3) is 0.190. The lowest BCUT2D eigenvalue weighted by atomic mass is 10.1. The zero-order valence-corrected chi connectivity index (χ0v) is 16.1. The normalized spacial score (nSPS) is 11.4. The van der Waals surface area contributed by atoms with Gasteiger partial charge in [0.15, 0.2) is 0 Å². The maximum atomic E-state index is 11.2. The van der Waals surface area contributed by atoms with E-state index in [-0.39, 0.29) is 6.42 Å². The van der Waals surface area contributed by atoms with Crippen LogP contribution in [0.25, 0.3) is 11.3 Å². The van der Waals surface area contributed by atoms with Crippen LogP contribution in [-0.4, -0.2) is 21.8 Å². The number of aromatic nitrogens is 1. The number of carboxylic acids is 1. The lowest BCUT2D eigenvalue weighted by Gasteiger charge is -2.04. The lowest BCUT2D eigenvalue weighted by Crippen LogP contribution is -2.03. The van der Waals surface area contributed by atoms with E-state index in [2.05, 4.69) is 34.6 Å². The number of hydrazone groups is 1. The number of carboxylic acid groups (broad SMARTS) is 1. The molecule has 0 bridgehead atoms. The predicted octanol–water partition coefficient (Wildman–Crippen LogP) is 4.97. The molecule has 5 nitrogen and oxygen atoms in total. The van der Waals surface area contributed by atoms with Crippen LogP contribution in [0, 0.1) is 6.92 Å². The lowest BCUT2D eigenvalue weighted by molar-refractivity contribution is -0.136. The molecule has 27 heavy (non-hydrogen) atoms. The summed E-state index contributed by atoms with van der Waals surface area (Å²) in [5, 5.41) is 14.3. The minimum atomic E-state index is -0.875. The summed E-state index contributed by atoms with van der Waals surface area (Å²) in [7, 11) is 0. The maximum absolute atomic E-state index is 11.2. The van der Waals surface area contributed by atoms with Crippen molar-refractivity contribution in [3.8, 4) is 11.3 Å². The minimum absolute atomic E-state index is 0.0636. The summed E-state index contributed by atoms with van der Waals surface area (Å²) in [5.41, 5.74) is 7.78. The number of benzene rings is 2. The highest BCUT2D eigenvalue weighted by Gasteiger charge is 2.15. The smallest absolute Gasteiger partial charge is 0.308 e. The quantitative estimate of drug-likeness (QED) is 0.449. The Hall–Kier alpha value is -2.99. The number of hydrogen-bond acceptors (Lipinski definition) is 5. The molecule has 3 aromatic rings. The van der Waals surface area contributed by atoms with E-state index < -0.39 is 5.97 Å². The number of carbonyl (C=O) groups is 1. The van der Waals surface area contributed by atoms with E-state index in [1.54, 1.807) is 0 Å². The Morgan fingerprint density at radius 3 is 2.48 bits per heavy atom. The molecule has 2 N–H and O–H groups in total. The number of thiazole rings is 1. The van der Waals surface area contributed by atoms with Gasteiger partial charge in [-0.2, -0.15) is 5.10 Å². The number of nitrogens with zero attached hydrogens (tertiary/aromatic N) is 2. The molecule has 0 saturated carbocycles. The van der Waals surface area contributed by atoms with Crippen molar-refractivity contribution in [3.63, 3.8) is 0 Å². The number of hydrogen-bond donors (Lipinski definition) is 2. The van der Waals surface area contributed by atoms with Crippen LogP contribution in [0.3, 0.4) is 0 Å². The van der Waals surface area contributed by atoms with Crippen LogP contribution in [0.15, 0.2) is 59.7 Å². The Kier molecular flexibility index (Phi) is 5.98. The molecule has 0 aliphatic heterocycles. The topological polar surface area (TPSA) is 74.6 Å². The molecule has 138 valence electrons. The van der Waals surface area contributed by atoms with E-state index in [4.69, 9.17) is 0 Å². The highest BCUT2D eigenvalue weighted by molar-refractivity contribution is 7.16. The number of aliphatic carboxylic acids is 1. The molecule has 6 heteroatoms. The highest BCUT2D eigenvalue weighted by atomic mass is 32.1. The molecule has 0 unspecified atom stereocenters. The first-order chi connectivity index (χ1) is 13.1. The second-order valence-corrected chi connectivity index (χ2v) is 7.20. The molecule has 2 aromatic carbocycles. The number of rotatable bonds is 7. The van der Waals surface area contributed by atoms with Gasteiger partial charge in [0, 0.05) is 10.4 Å². The molecule has 3 rings (SSSR count). The van der Waals surface area contributed by atoms with Gasteiger partial charge in [0.25, 0.3) is 0 Å². The van der Waals surface area contributed by atoms with Gasteiger partial charge >= 0.3 is 5.97 Å². The third kappa shape index (κ3) is 4.80. The van der Waals surface area contributed by atoms with E-state index in [1.807, 2.05) is 49.4 Å². The van der Waals surface area contributed by atoms with Gasteiger partial charge in [-0.25, -0.2) is 4.98 Å². The van der Waals surface area contributed by atoms with Crippen LogP contribution in [-0.2, 0) is 11.2 Å². The van der Waals surface area contributed by atoms with Gasteiger partial charge in [-0.05, 0) is 18.9 Å². The van der Waals surface area contributed by atoms with Gasteiger partial charge in [0.1, 0.15) is 0 Å². The van der Waals surface area contributed by atoms with Gasteiger partial charge in [0.05, 0.1) is 17.8 Å². The Morgan fingerprint density at radius 2 is 1.85 bits per heavy atom. The van der Waals surface area contributed by atoms with E-state index >= 15 is 0 Å². The van der Waals surface area contributed by atoms with Crippen LogP contribution in [0.5, 0.6) is 0 Å². The second-order valence-electron chi connectivity index (χ2n) is 6.12. The van der Waals surface area contributed by atoms with Crippen molar-refractivity contribution in [2.45, 2.75) is 26.7 Å². The van der Waals surface area contributed by atoms with Crippen molar-refractivity contribution in [1.82, 2.24) is 4.98 Å². The summed E-state index contributed by atoms with van der Waals surface area (Å²) in [6.07, 6.45) is 0.709. The highest BCUT2D eigenvalue weighted by Crippen LogP contribution is 2.31. The summed E-state index contributed by atoms with van der Waals surface area (Å²) in [6, 6.07) is 17.8. The predicted molar refractivity (Wildman–Crippen MR) is 111 cm³/mol. The first-order valence-corrected chi connectivity index (χ1v) is 9.55. The molecular weight excluding hydrogens is 358 g/mol. The molecule has 0 spiro atoms. The SMILES string of the molecule is CC/C(=N/Nc1nc(-c2ccccc2)c(CC(=O)O)s1)c1ccc(C)cc1. The second kappa shape index (κ2) is 8.60. The first kappa shape index (κ1) is 18.8. The van der Waals surface area contributed by atoms with E-state index in [1.165, 1.54) is 16.9 Å². The fourth-order valence-electron chi connectivity index (χ4n) is 2.69. The Morgan fingerprint density at radius 1 is 1.15 bits per heavy atom. The van der Waals surface area contributed by atoms with Crippen molar-refractivity contribution < 1.29 is 9.90 Å². The molecule has 0 fully saturated rings. The molecule has 1 aromatic heterocycles. The number of anilines is 1. The van der Waals surface area contributed by atoms with Crippen LogP contribution < -0.4 is 5.43 Å². The average molecular weight is 379 g/mol. The summed E-state index contributed by atoms with van der Waals surface area (Å²) < 4.78 is 0. The van der Waals surface area contributed by atoms with E-state index in [9.17, 15) is 9.90 Å². The Bertz CT molecular complexity index is 947. The van der Waals surface area contributed by atoms with Gasteiger partial charge in [0.2, 0.25) is 5.13 Å². The van der Waals surface area contributed by atoms with Crippen LogP contribution >= 0.6 is 11.3 Å². The maximum Gasteiger partial charge on any atom is 0.308 e. The molecule has 0 aliphatic rings. The molecule has 1 heterocycles.